The van der Waals surface area contributed by atoms with Crippen LogP contribution in [0.4, 0.5) is 0 Å². The summed E-state index contributed by atoms with van der Waals surface area (Å²) in [7, 11) is -3.10. The van der Waals surface area contributed by atoms with Crippen LogP contribution in [0.5, 0.6) is 0 Å². The van der Waals surface area contributed by atoms with Gasteiger partial charge in [-0.1, -0.05) is 19.3 Å². The molecule has 29 heavy (non-hydrogen) atoms. The summed E-state index contributed by atoms with van der Waals surface area (Å²) in [5.74, 6) is -0.593. The molecular formula is C20H31N3O5S. The van der Waals surface area contributed by atoms with E-state index in [1.165, 1.54) is 0 Å². The molecule has 1 aromatic rings. The lowest BCUT2D eigenvalue weighted by Gasteiger charge is -2.38. The summed E-state index contributed by atoms with van der Waals surface area (Å²) >= 11 is 0. The Morgan fingerprint density at radius 2 is 1.90 bits per heavy atom. The SMILES string of the molecule is Cc1cc(C)n(CCC(=O)OCC(=O)N(C2CCCCC2)C2CCS(=O)(=O)C2)n1. The maximum absolute atomic E-state index is 12.9. The second-order valence-corrected chi connectivity index (χ2v) is 10.4. The van der Waals surface area contributed by atoms with Crippen molar-refractivity contribution in [3.63, 3.8) is 0 Å². The van der Waals surface area contributed by atoms with Crippen molar-refractivity contribution in [2.75, 3.05) is 18.1 Å². The third-order valence-electron chi connectivity index (χ3n) is 5.85. The molecule has 0 spiro atoms. The molecule has 0 N–H and O–H groups in total. The molecule has 0 aromatic carbocycles. The van der Waals surface area contributed by atoms with E-state index in [9.17, 15) is 18.0 Å². The number of nitrogens with zero attached hydrogens (tertiary/aromatic N) is 3. The summed E-state index contributed by atoms with van der Waals surface area (Å²) in [4.78, 5) is 26.8. The predicted molar refractivity (Wildman–Crippen MR) is 108 cm³/mol. The van der Waals surface area contributed by atoms with E-state index in [-0.39, 0.29) is 42.5 Å². The van der Waals surface area contributed by atoms with Crippen molar-refractivity contribution >= 4 is 21.7 Å². The summed E-state index contributed by atoms with van der Waals surface area (Å²) in [6, 6.07) is 1.68. The minimum absolute atomic E-state index is 0.0150. The Hall–Kier alpha value is -1.90. The summed E-state index contributed by atoms with van der Waals surface area (Å²) in [5.41, 5.74) is 1.86. The Morgan fingerprint density at radius 3 is 2.48 bits per heavy atom. The van der Waals surface area contributed by atoms with Crippen LogP contribution in [0.1, 0.15) is 56.3 Å². The Morgan fingerprint density at radius 1 is 1.17 bits per heavy atom. The molecule has 2 fully saturated rings. The number of hydrogen-bond acceptors (Lipinski definition) is 6. The number of hydrogen-bond donors (Lipinski definition) is 0. The van der Waals surface area contributed by atoms with E-state index in [0.29, 0.717) is 13.0 Å². The second-order valence-electron chi connectivity index (χ2n) is 8.21. The lowest BCUT2D eigenvalue weighted by molar-refractivity contribution is -0.154. The first kappa shape index (κ1) is 21.8. The number of sulfone groups is 1. The van der Waals surface area contributed by atoms with Gasteiger partial charge in [0, 0.05) is 17.8 Å². The summed E-state index contributed by atoms with van der Waals surface area (Å²) in [6.07, 6.45) is 5.59. The summed E-state index contributed by atoms with van der Waals surface area (Å²) in [5, 5.41) is 4.31. The van der Waals surface area contributed by atoms with Crippen molar-refractivity contribution in [2.24, 2.45) is 0 Å². The highest BCUT2D eigenvalue weighted by atomic mass is 32.2. The molecule has 1 aromatic heterocycles. The first-order chi connectivity index (χ1) is 13.7. The highest BCUT2D eigenvalue weighted by Gasteiger charge is 2.38. The minimum Gasteiger partial charge on any atom is -0.456 e. The fourth-order valence-electron chi connectivity index (χ4n) is 4.45. The first-order valence-electron chi connectivity index (χ1n) is 10.4. The molecule has 1 unspecified atom stereocenters. The van der Waals surface area contributed by atoms with E-state index in [2.05, 4.69) is 5.10 Å². The van der Waals surface area contributed by atoms with Crippen LogP contribution in [0.3, 0.4) is 0 Å². The topological polar surface area (TPSA) is 98.6 Å². The molecule has 1 aliphatic carbocycles. The van der Waals surface area contributed by atoms with Gasteiger partial charge in [-0.05, 0) is 39.2 Å². The van der Waals surface area contributed by atoms with Crippen molar-refractivity contribution in [1.82, 2.24) is 14.7 Å². The third kappa shape index (κ3) is 5.81. The number of aryl methyl sites for hydroxylation is 3. The van der Waals surface area contributed by atoms with Crippen LogP contribution in [0, 0.1) is 13.8 Å². The quantitative estimate of drug-likeness (QED) is 0.618. The second kappa shape index (κ2) is 9.28. The van der Waals surface area contributed by atoms with Crippen LogP contribution in [0.25, 0.3) is 0 Å². The van der Waals surface area contributed by atoms with E-state index in [0.717, 1.165) is 43.5 Å². The Bertz CT molecular complexity index is 842. The molecule has 1 atom stereocenters. The molecule has 2 aliphatic rings. The van der Waals surface area contributed by atoms with Gasteiger partial charge < -0.3 is 9.64 Å². The number of esters is 1. The number of ether oxygens (including phenoxy) is 1. The van der Waals surface area contributed by atoms with Gasteiger partial charge in [0.05, 0.1) is 30.2 Å². The number of aromatic nitrogens is 2. The molecule has 1 aliphatic heterocycles. The highest BCUT2D eigenvalue weighted by molar-refractivity contribution is 7.91. The molecule has 0 radical (unpaired) electrons. The lowest BCUT2D eigenvalue weighted by atomic mass is 9.93. The van der Waals surface area contributed by atoms with Gasteiger partial charge in [0.1, 0.15) is 0 Å². The van der Waals surface area contributed by atoms with Crippen molar-refractivity contribution in [3.8, 4) is 0 Å². The van der Waals surface area contributed by atoms with Gasteiger partial charge in [0.25, 0.3) is 5.91 Å². The molecule has 1 saturated heterocycles. The van der Waals surface area contributed by atoms with Crippen LogP contribution in [0.2, 0.25) is 0 Å². The van der Waals surface area contributed by atoms with E-state index >= 15 is 0 Å². The van der Waals surface area contributed by atoms with Gasteiger partial charge in [0.2, 0.25) is 0 Å². The maximum Gasteiger partial charge on any atom is 0.308 e. The van der Waals surface area contributed by atoms with Crippen LogP contribution in [-0.4, -0.2) is 65.2 Å². The highest BCUT2D eigenvalue weighted by Crippen LogP contribution is 2.28. The van der Waals surface area contributed by atoms with E-state index in [1.54, 1.807) is 9.58 Å². The lowest BCUT2D eigenvalue weighted by Crippen LogP contribution is -2.50. The van der Waals surface area contributed by atoms with Crippen LogP contribution < -0.4 is 0 Å². The van der Waals surface area contributed by atoms with Gasteiger partial charge in [-0.15, -0.1) is 0 Å². The Kier molecular flexibility index (Phi) is 6.97. The van der Waals surface area contributed by atoms with Gasteiger partial charge in [-0.25, -0.2) is 8.42 Å². The van der Waals surface area contributed by atoms with E-state index in [1.807, 2.05) is 19.9 Å². The summed E-state index contributed by atoms with van der Waals surface area (Å²) < 4.78 is 30.8. The van der Waals surface area contributed by atoms with Crippen LogP contribution >= 0.6 is 0 Å². The first-order valence-corrected chi connectivity index (χ1v) is 12.3. The molecular weight excluding hydrogens is 394 g/mol. The van der Waals surface area contributed by atoms with Crippen molar-refractivity contribution in [1.29, 1.82) is 0 Å². The van der Waals surface area contributed by atoms with E-state index in [4.69, 9.17) is 4.74 Å². The minimum atomic E-state index is -3.10. The van der Waals surface area contributed by atoms with Crippen molar-refractivity contribution < 1.29 is 22.7 Å². The summed E-state index contributed by atoms with van der Waals surface area (Å²) in [6.45, 7) is 3.89. The van der Waals surface area contributed by atoms with Crippen LogP contribution in [0.15, 0.2) is 6.07 Å². The van der Waals surface area contributed by atoms with Gasteiger partial charge >= 0.3 is 5.97 Å². The zero-order valence-corrected chi connectivity index (χ0v) is 18.1. The number of carbonyl (C=O) groups excluding carboxylic acids is 2. The molecule has 1 amide bonds. The van der Waals surface area contributed by atoms with Gasteiger partial charge in [-0.2, -0.15) is 5.10 Å². The Labute approximate surface area is 172 Å². The molecule has 162 valence electrons. The number of amides is 1. The normalized spacial score (nSPS) is 21.8. The molecule has 2 heterocycles. The Balaban J connectivity index is 1.56. The van der Waals surface area contributed by atoms with Gasteiger partial charge in [-0.3, -0.25) is 14.3 Å². The molecule has 9 heteroatoms. The predicted octanol–water partition coefficient (Wildman–Crippen LogP) is 1.78. The zero-order chi connectivity index (χ0) is 21.0. The van der Waals surface area contributed by atoms with E-state index < -0.39 is 15.8 Å². The molecule has 3 rings (SSSR count). The van der Waals surface area contributed by atoms with Crippen molar-refractivity contribution in [2.45, 2.75) is 77.4 Å². The van der Waals surface area contributed by atoms with Crippen molar-refractivity contribution in [3.05, 3.63) is 17.5 Å². The smallest absolute Gasteiger partial charge is 0.308 e. The fraction of sp³-hybridized carbons (Fsp3) is 0.750. The third-order valence-corrected chi connectivity index (χ3v) is 7.60. The number of carbonyl (C=O) groups is 2. The average molecular weight is 426 g/mol. The molecule has 8 nitrogen and oxygen atoms in total. The number of rotatable bonds is 7. The average Bonchev–Trinajstić information content (AvgIpc) is 3.19. The maximum atomic E-state index is 12.9. The molecule has 1 saturated carbocycles. The molecule has 0 bridgehead atoms. The largest absolute Gasteiger partial charge is 0.456 e. The van der Waals surface area contributed by atoms with Gasteiger partial charge in [0.15, 0.2) is 16.4 Å². The monoisotopic (exact) mass is 425 g/mol. The standard InChI is InChI=1S/C20H31N3O5S/c1-15-12-16(2)22(21-15)10-8-20(25)28-13-19(24)23(17-6-4-3-5-7-17)18-9-11-29(26,27)14-18/h12,17-18H,3-11,13-14H2,1-2H3. The fourth-order valence-corrected chi connectivity index (χ4v) is 6.16. The van der Waals surface area contributed by atoms with Crippen LogP contribution in [-0.2, 0) is 30.7 Å². The zero-order valence-electron chi connectivity index (χ0n) is 17.3.